The quantitative estimate of drug-likeness (QED) is 0.342. The number of aromatic nitrogens is 5. The van der Waals surface area contributed by atoms with Gasteiger partial charge in [-0.1, -0.05) is 11.6 Å². The van der Waals surface area contributed by atoms with Gasteiger partial charge in [0.15, 0.2) is 5.82 Å². The van der Waals surface area contributed by atoms with Crippen molar-refractivity contribution in [2.45, 2.75) is 26.3 Å². The summed E-state index contributed by atoms with van der Waals surface area (Å²) in [5, 5.41) is 11.0. The van der Waals surface area contributed by atoms with Crippen LogP contribution in [0.5, 0.6) is 17.4 Å². The van der Waals surface area contributed by atoms with Gasteiger partial charge < -0.3 is 20.1 Å². The molecule has 0 amide bonds. The fourth-order valence-corrected chi connectivity index (χ4v) is 3.39. The number of nitrogens with one attached hydrogen (secondary N) is 1. The molecule has 0 unspecified atom stereocenters. The number of anilines is 2. The second-order valence-electron chi connectivity index (χ2n) is 7.93. The van der Waals surface area contributed by atoms with E-state index in [1.54, 1.807) is 16.9 Å². The van der Waals surface area contributed by atoms with Gasteiger partial charge in [0.05, 0.1) is 30.9 Å². The summed E-state index contributed by atoms with van der Waals surface area (Å²) in [6.45, 7) is 5.97. The topological polar surface area (TPSA) is 104 Å². The third-order valence-corrected chi connectivity index (χ3v) is 5.09. The molecular formula is C23H27ClN7O2+. The summed E-state index contributed by atoms with van der Waals surface area (Å²) in [6.07, 6.45) is 5.92. The van der Waals surface area contributed by atoms with Crippen molar-refractivity contribution in [2.24, 2.45) is 7.05 Å². The Bertz CT molecular complexity index is 1230. The maximum Gasteiger partial charge on any atom is 0.238 e. The number of pyridine rings is 1. The Morgan fingerprint density at radius 3 is 2.76 bits per heavy atom. The molecule has 172 valence electrons. The molecule has 0 saturated carbocycles. The molecule has 0 spiro atoms. The highest BCUT2D eigenvalue weighted by Gasteiger charge is 2.11. The lowest BCUT2D eigenvalue weighted by atomic mass is 10.2. The molecule has 1 aromatic carbocycles. The number of fused-ring (bicyclic) bond motifs is 1. The third kappa shape index (κ3) is 6.09. The van der Waals surface area contributed by atoms with Gasteiger partial charge in [-0.2, -0.15) is 5.10 Å². The van der Waals surface area contributed by atoms with Crippen molar-refractivity contribution in [3.8, 4) is 17.4 Å². The first kappa shape index (κ1) is 22.8. The zero-order valence-electron chi connectivity index (χ0n) is 18.8. The molecule has 0 aliphatic carbocycles. The van der Waals surface area contributed by atoms with E-state index in [4.69, 9.17) is 21.1 Å². The first-order valence-corrected chi connectivity index (χ1v) is 11.2. The summed E-state index contributed by atoms with van der Waals surface area (Å²) in [6, 6.07) is 9.68. The van der Waals surface area contributed by atoms with Crippen LogP contribution in [0.15, 0.2) is 49.1 Å². The van der Waals surface area contributed by atoms with Crippen molar-refractivity contribution in [3.63, 3.8) is 0 Å². The summed E-state index contributed by atoms with van der Waals surface area (Å²) in [5.41, 5.74) is 0.772. The Kier molecular flexibility index (Phi) is 7.21. The van der Waals surface area contributed by atoms with Crippen molar-refractivity contribution in [1.82, 2.24) is 24.7 Å². The fraction of sp³-hybridized carbons (Fsp3) is 0.304. The fourth-order valence-electron chi connectivity index (χ4n) is 3.20. The average Bonchev–Trinajstić information content (AvgIpc) is 3.20. The highest BCUT2D eigenvalue weighted by Crippen LogP contribution is 2.32. The maximum atomic E-state index is 6.40. The Morgan fingerprint density at radius 2 is 2.00 bits per heavy atom. The van der Waals surface area contributed by atoms with Crippen LogP contribution in [0, 0.1) is 0 Å². The van der Waals surface area contributed by atoms with Gasteiger partial charge in [-0.25, -0.2) is 15.0 Å². The van der Waals surface area contributed by atoms with E-state index in [-0.39, 0.29) is 0 Å². The second-order valence-corrected chi connectivity index (χ2v) is 8.34. The van der Waals surface area contributed by atoms with E-state index in [0.717, 1.165) is 23.9 Å². The van der Waals surface area contributed by atoms with E-state index >= 15 is 0 Å². The van der Waals surface area contributed by atoms with Crippen LogP contribution < -0.4 is 20.1 Å². The Morgan fingerprint density at radius 1 is 1.12 bits per heavy atom. The van der Waals surface area contributed by atoms with Gasteiger partial charge in [0.1, 0.15) is 28.7 Å². The lowest BCUT2D eigenvalue weighted by Crippen LogP contribution is -2.88. The molecular weight excluding hydrogens is 442 g/mol. The van der Waals surface area contributed by atoms with Gasteiger partial charge in [-0.3, -0.25) is 4.68 Å². The summed E-state index contributed by atoms with van der Waals surface area (Å²) in [4.78, 5) is 13.0. The number of hydrogen-bond acceptors (Lipinski definition) is 7. The van der Waals surface area contributed by atoms with Crippen molar-refractivity contribution in [2.75, 3.05) is 18.5 Å². The van der Waals surface area contributed by atoms with Gasteiger partial charge in [0.25, 0.3) is 0 Å². The molecule has 4 rings (SSSR count). The van der Waals surface area contributed by atoms with Crippen LogP contribution in [0.3, 0.4) is 0 Å². The van der Waals surface area contributed by atoms with Crippen LogP contribution >= 0.6 is 11.6 Å². The van der Waals surface area contributed by atoms with E-state index in [2.05, 4.69) is 44.5 Å². The molecule has 33 heavy (non-hydrogen) atoms. The molecule has 0 fully saturated rings. The van der Waals surface area contributed by atoms with Gasteiger partial charge in [0, 0.05) is 37.2 Å². The standard InChI is InChI=1S/C23H26ClN7O2/c1-15(2)25-8-4-10-32-17-12-19(24)23(26-13-17)33-16-5-6-20-18(11-16)22(28-14-27-20)29-21-7-9-31(3)30-21/h5-7,9,11-15,25H,4,8,10H2,1-3H3,(H,27,28,29,30)/p+1. The largest absolute Gasteiger partial charge is 0.492 e. The van der Waals surface area contributed by atoms with Crippen LogP contribution in [0.2, 0.25) is 5.02 Å². The van der Waals surface area contributed by atoms with Crippen molar-refractivity contribution >= 4 is 34.1 Å². The zero-order chi connectivity index (χ0) is 23.2. The van der Waals surface area contributed by atoms with Crippen LogP contribution in [0.4, 0.5) is 11.6 Å². The lowest BCUT2D eigenvalue weighted by molar-refractivity contribution is -0.683. The van der Waals surface area contributed by atoms with Gasteiger partial charge in [-0.05, 0) is 32.0 Å². The van der Waals surface area contributed by atoms with E-state index in [0.29, 0.717) is 46.7 Å². The monoisotopic (exact) mass is 468 g/mol. The summed E-state index contributed by atoms with van der Waals surface area (Å²) < 4.78 is 13.4. The minimum Gasteiger partial charge on any atom is -0.492 e. The number of hydrogen-bond donors (Lipinski definition) is 2. The van der Waals surface area contributed by atoms with Crippen LogP contribution in [0.1, 0.15) is 20.3 Å². The van der Waals surface area contributed by atoms with Crippen molar-refractivity contribution in [3.05, 3.63) is 54.1 Å². The molecule has 10 heteroatoms. The minimum absolute atomic E-state index is 0.299. The summed E-state index contributed by atoms with van der Waals surface area (Å²) in [5.74, 6) is 2.79. The molecule has 9 nitrogen and oxygen atoms in total. The number of rotatable bonds is 10. The van der Waals surface area contributed by atoms with Crippen molar-refractivity contribution in [1.29, 1.82) is 0 Å². The van der Waals surface area contributed by atoms with E-state index in [9.17, 15) is 0 Å². The minimum atomic E-state index is 0.299. The average molecular weight is 469 g/mol. The normalized spacial score (nSPS) is 11.2. The molecule has 0 bridgehead atoms. The predicted octanol–water partition coefficient (Wildman–Crippen LogP) is 3.69. The number of ether oxygens (including phenoxy) is 2. The maximum absolute atomic E-state index is 6.40. The molecule has 0 aliphatic heterocycles. The Labute approximate surface area is 197 Å². The molecule has 0 radical (unpaired) electrons. The highest BCUT2D eigenvalue weighted by atomic mass is 35.5. The lowest BCUT2D eigenvalue weighted by Gasteiger charge is -2.11. The number of nitrogens with two attached hydrogens (primary N) is 1. The first-order valence-electron chi connectivity index (χ1n) is 10.8. The Balaban J connectivity index is 1.45. The van der Waals surface area contributed by atoms with Crippen molar-refractivity contribution < 1.29 is 14.8 Å². The smallest absolute Gasteiger partial charge is 0.238 e. The van der Waals surface area contributed by atoms with E-state index in [1.165, 1.54) is 6.33 Å². The number of nitrogens with zero attached hydrogens (tertiary/aromatic N) is 5. The molecule has 3 aromatic heterocycles. The molecule has 4 aromatic rings. The molecule has 0 atom stereocenters. The number of aryl methyl sites for hydroxylation is 1. The van der Waals surface area contributed by atoms with Gasteiger partial charge in [-0.15, -0.1) is 0 Å². The van der Waals surface area contributed by atoms with Crippen LogP contribution in [-0.2, 0) is 7.05 Å². The number of benzene rings is 1. The van der Waals surface area contributed by atoms with Crippen LogP contribution in [0.25, 0.3) is 10.9 Å². The van der Waals surface area contributed by atoms with Gasteiger partial charge >= 0.3 is 0 Å². The first-order chi connectivity index (χ1) is 16.0. The second kappa shape index (κ2) is 10.5. The zero-order valence-corrected chi connectivity index (χ0v) is 19.6. The SMILES string of the molecule is CC(C)[NH2+]CCCOc1cnc(Oc2ccc3ncnc(Nc4ccn(C)n4)c3c2)c(Cl)c1. The number of quaternary nitrogens is 1. The molecule has 0 saturated heterocycles. The molecule has 3 heterocycles. The van der Waals surface area contributed by atoms with Gasteiger partial charge in [0.2, 0.25) is 5.88 Å². The summed E-state index contributed by atoms with van der Waals surface area (Å²) in [7, 11) is 1.85. The number of halogens is 1. The van der Waals surface area contributed by atoms with Crippen LogP contribution in [-0.4, -0.2) is 43.9 Å². The molecule has 0 aliphatic rings. The predicted molar refractivity (Wildman–Crippen MR) is 127 cm³/mol. The Hall–Kier alpha value is -3.43. The third-order valence-electron chi connectivity index (χ3n) is 4.82. The van der Waals surface area contributed by atoms with E-state index in [1.807, 2.05) is 37.5 Å². The highest BCUT2D eigenvalue weighted by molar-refractivity contribution is 6.32. The van der Waals surface area contributed by atoms with E-state index < -0.39 is 0 Å². The summed E-state index contributed by atoms with van der Waals surface area (Å²) >= 11 is 6.40. The molecule has 3 N–H and O–H groups in total.